The highest BCUT2D eigenvalue weighted by Gasteiger charge is 2.28. The van der Waals surface area contributed by atoms with E-state index in [1.165, 1.54) is 0 Å². The molecular weight excluding hydrogens is 300 g/mol. The van der Waals surface area contributed by atoms with Crippen molar-refractivity contribution in [2.24, 2.45) is 0 Å². The van der Waals surface area contributed by atoms with E-state index in [2.05, 4.69) is 20.2 Å². The van der Waals surface area contributed by atoms with Crippen LogP contribution in [0.25, 0.3) is 0 Å². The molecule has 1 aromatic heterocycles. The van der Waals surface area contributed by atoms with Gasteiger partial charge in [-0.2, -0.15) is 0 Å². The molecule has 0 radical (unpaired) electrons. The number of aromatic nitrogens is 2. The van der Waals surface area contributed by atoms with Crippen LogP contribution in [-0.4, -0.2) is 34.4 Å². The fourth-order valence-electron chi connectivity index (χ4n) is 2.75. The van der Waals surface area contributed by atoms with Gasteiger partial charge in [0.05, 0.1) is 11.7 Å². The summed E-state index contributed by atoms with van der Waals surface area (Å²) in [5, 5.41) is 3.48. The second kappa shape index (κ2) is 6.42. The van der Waals surface area contributed by atoms with Crippen molar-refractivity contribution in [1.29, 1.82) is 0 Å². The Morgan fingerprint density at radius 3 is 2.68 bits per heavy atom. The van der Waals surface area contributed by atoms with E-state index in [1.807, 2.05) is 7.05 Å². The number of likely N-dealkylation sites (tertiary alicyclic amines) is 1. The van der Waals surface area contributed by atoms with Gasteiger partial charge in [0.25, 0.3) is 5.91 Å². The highest BCUT2D eigenvalue weighted by Crippen LogP contribution is 2.30. The quantitative estimate of drug-likeness (QED) is 0.945. The number of carbonyl (C=O) groups excluding carboxylic acids is 1. The zero-order valence-corrected chi connectivity index (χ0v) is 13.0. The van der Waals surface area contributed by atoms with Gasteiger partial charge in [-0.15, -0.1) is 0 Å². The zero-order valence-electron chi connectivity index (χ0n) is 12.3. The zero-order chi connectivity index (χ0) is 15.5. The van der Waals surface area contributed by atoms with Crippen LogP contribution in [0.3, 0.4) is 0 Å². The van der Waals surface area contributed by atoms with E-state index >= 15 is 0 Å². The molecule has 6 heteroatoms. The molecule has 2 aromatic rings. The van der Waals surface area contributed by atoms with Gasteiger partial charge < -0.3 is 5.32 Å². The Kier molecular flexibility index (Phi) is 4.36. The lowest BCUT2D eigenvalue weighted by molar-refractivity contribution is 0.101. The Hall–Kier alpha value is -1.98. The molecule has 1 N–H and O–H groups in total. The van der Waals surface area contributed by atoms with Crippen LogP contribution in [0.5, 0.6) is 0 Å². The van der Waals surface area contributed by atoms with Crippen LogP contribution in [0.1, 0.15) is 35.1 Å². The summed E-state index contributed by atoms with van der Waals surface area (Å²) in [4.78, 5) is 23.4. The van der Waals surface area contributed by atoms with Crippen LogP contribution in [0.4, 0.5) is 5.69 Å². The first-order valence-electron chi connectivity index (χ1n) is 7.23. The largest absolute Gasteiger partial charge is 0.321 e. The van der Waals surface area contributed by atoms with Gasteiger partial charge in [-0.05, 0) is 50.7 Å². The van der Waals surface area contributed by atoms with E-state index in [1.54, 1.807) is 36.7 Å². The van der Waals surface area contributed by atoms with Crippen LogP contribution in [0, 0.1) is 0 Å². The lowest BCUT2D eigenvalue weighted by Gasteiger charge is -2.20. The van der Waals surface area contributed by atoms with Crippen molar-refractivity contribution < 1.29 is 4.79 Å². The number of anilines is 1. The van der Waals surface area contributed by atoms with E-state index in [4.69, 9.17) is 11.6 Å². The van der Waals surface area contributed by atoms with Crippen molar-refractivity contribution in [2.45, 2.75) is 18.9 Å². The average molecular weight is 317 g/mol. The van der Waals surface area contributed by atoms with Gasteiger partial charge in [0, 0.05) is 23.1 Å². The predicted molar refractivity (Wildman–Crippen MR) is 86.0 cm³/mol. The van der Waals surface area contributed by atoms with Crippen LogP contribution in [0.2, 0.25) is 5.02 Å². The Morgan fingerprint density at radius 1 is 1.27 bits per heavy atom. The van der Waals surface area contributed by atoms with Crippen LogP contribution < -0.4 is 5.32 Å². The summed E-state index contributed by atoms with van der Waals surface area (Å²) < 4.78 is 0. The number of amides is 1. The first-order chi connectivity index (χ1) is 10.6. The molecule has 1 aromatic carbocycles. The first-order valence-corrected chi connectivity index (χ1v) is 7.61. The normalized spacial score (nSPS) is 18.4. The monoisotopic (exact) mass is 316 g/mol. The number of rotatable bonds is 3. The lowest BCUT2D eigenvalue weighted by atomic mass is 10.1. The Labute approximate surface area is 134 Å². The van der Waals surface area contributed by atoms with Gasteiger partial charge in [-0.3, -0.25) is 14.7 Å². The Balaban J connectivity index is 1.84. The summed E-state index contributed by atoms with van der Waals surface area (Å²) in [6, 6.07) is 7.15. The third-order valence-corrected chi connectivity index (χ3v) is 4.13. The maximum Gasteiger partial charge on any atom is 0.276 e. The van der Waals surface area contributed by atoms with E-state index in [0.29, 0.717) is 16.4 Å². The molecule has 1 amide bonds. The minimum Gasteiger partial charge on any atom is -0.321 e. The molecule has 0 saturated carbocycles. The molecule has 0 bridgehead atoms. The standard InChI is InChI=1S/C16H17ClN4O/c1-21-10-2-3-13(21)14-15(19-9-8-18-14)16(22)20-12-6-4-11(17)5-7-12/h4-9,13H,2-3,10H2,1H3,(H,20,22)/t13-/m1/s1. The van der Waals surface area contributed by atoms with Gasteiger partial charge >= 0.3 is 0 Å². The molecular formula is C16H17ClN4O. The third kappa shape index (κ3) is 3.10. The predicted octanol–water partition coefficient (Wildman–Crippen LogP) is 3.15. The highest BCUT2D eigenvalue weighted by molar-refractivity contribution is 6.30. The van der Waals surface area contributed by atoms with Crippen molar-refractivity contribution in [2.75, 3.05) is 18.9 Å². The van der Waals surface area contributed by atoms with Crippen molar-refractivity contribution >= 4 is 23.2 Å². The fourth-order valence-corrected chi connectivity index (χ4v) is 2.87. The highest BCUT2D eigenvalue weighted by atomic mass is 35.5. The number of halogens is 1. The maximum atomic E-state index is 12.5. The summed E-state index contributed by atoms with van der Waals surface area (Å²) in [5.41, 5.74) is 1.82. The molecule has 1 aliphatic rings. The number of nitrogens with zero attached hydrogens (tertiary/aromatic N) is 3. The smallest absolute Gasteiger partial charge is 0.276 e. The van der Waals surface area contributed by atoms with Gasteiger partial charge in [0.2, 0.25) is 0 Å². The van der Waals surface area contributed by atoms with Crippen molar-refractivity contribution in [3.05, 3.63) is 53.1 Å². The second-order valence-corrected chi connectivity index (χ2v) is 5.83. The molecule has 1 aliphatic heterocycles. The maximum absolute atomic E-state index is 12.5. The number of hydrogen-bond acceptors (Lipinski definition) is 4. The second-order valence-electron chi connectivity index (χ2n) is 5.39. The topological polar surface area (TPSA) is 58.1 Å². The molecule has 3 rings (SSSR count). The van der Waals surface area contributed by atoms with Gasteiger partial charge in [0.1, 0.15) is 0 Å². The van der Waals surface area contributed by atoms with Crippen molar-refractivity contribution in [3.8, 4) is 0 Å². The molecule has 2 heterocycles. The van der Waals surface area contributed by atoms with E-state index < -0.39 is 0 Å². The molecule has 114 valence electrons. The average Bonchev–Trinajstić information content (AvgIpc) is 2.95. The molecule has 5 nitrogen and oxygen atoms in total. The van der Waals surface area contributed by atoms with Crippen LogP contribution >= 0.6 is 11.6 Å². The van der Waals surface area contributed by atoms with E-state index in [0.717, 1.165) is 25.1 Å². The molecule has 1 saturated heterocycles. The Bertz CT molecular complexity index is 674. The first kappa shape index (κ1) is 14.9. The molecule has 1 fully saturated rings. The minimum absolute atomic E-state index is 0.152. The van der Waals surface area contributed by atoms with Gasteiger partial charge in [0.15, 0.2) is 5.69 Å². The number of nitrogens with one attached hydrogen (secondary N) is 1. The van der Waals surface area contributed by atoms with Crippen molar-refractivity contribution in [3.63, 3.8) is 0 Å². The lowest BCUT2D eigenvalue weighted by Crippen LogP contribution is -2.24. The Morgan fingerprint density at radius 2 is 2.00 bits per heavy atom. The number of benzene rings is 1. The number of carbonyl (C=O) groups is 1. The van der Waals surface area contributed by atoms with Crippen LogP contribution in [0.15, 0.2) is 36.7 Å². The molecule has 1 atom stereocenters. The molecule has 22 heavy (non-hydrogen) atoms. The fraction of sp³-hybridized carbons (Fsp3) is 0.312. The van der Waals surface area contributed by atoms with E-state index in [9.17, 15) is 4.79 Å². The summed E-state index contributed by atoms with van der Waals surface area (Å²) in [7, 11) is 2.05. The third-order valence-electron chi connectivity index (χ3n) is 3.88. The minimum atomic E-state index is -0.245. The van der Waals surface area contributed by atoms with Gasteiger partial charge in [-0.1, -0.05) is 11.6 Å². The van der Waals surface area contributed by atoms with Crippen LogP contribution in [-0.2, 0) is 0 Å². The SMILES string of the molecule is CN1CCC[C@@H]1c1nccnc1C(=O)Nc1ccc(Cl)cc1. The molecule has 0 spiro atoms. The summed E-state index contributed by atoms with van der Waals surface area (Å²) >= 11 is 5.85. The number of hydrogen-bond donors (Lipinski definition) is 1. The summed E-state index contributed by atoms with van der Waals surface area (Å²) in [5.74, 6) is -0.245. The summed E-state index contributed by atoms with van der Waals surface area (Å²) in [6.07, 6.45) is 5.29. The van der Waals surface area contributed by atoms with Crippen molar-refractivity contribution in [1.82, 2.24) is 14.9 Å². The summed E-state index contributed by atoms with van der Waals surface area (Å²) in [6.45, 7) is 1.01. The molecule has 0 aliphatic carbocycles. The van der Waals surface area contributed by atoms with E-state index in [-0.39, 0.29) is 11.9 Å². The molecule has 0 unspecified atom stereocenters. The van der Waals surface area contributed by atoms with Gasteiger partial charge in [-0.25, -0.2) is 4.98 Å².